The van der Waals surface area contributed by atoms with Crippen LogP contribution in [-0.4, -0.2) is 16.6 Å². The van der Waals surface area contributed by atoms with Gasteiger partial charge in [0.1, 0.15) is 4.83 Å². The van der Waals surface area contributed by atoms with Gasteiger partial charge in [-0.2, -0.15) is 4.98 Å². The molecule has 1 saturated carbocycles. The Labute approximate surface area is 128 Å². The van der Waals surface area contributed by atoms with E-state index in [0.29, 0.717) is 11.8 Å². The second-order valence-corrected chi connectivity index (χ2v) is 6.85. The molecule has 1 aliphatic carbocycles. The Bertz CT molecular complexity index is 593. The predicted molar refractivity (Wildman–Crippen MR) is 83.9 cm³/mol. The zero-order valence-electron chi connectivity index (χ0n) is 11.7. The first-order valence-corrected chi connectivity index (χ1v) is 8.54. The van der Waals surface area contributed by atoms with Crippen LogP contribution in [0.25, 0.3) is 10.2 Å². The first-order chi connectivity index (χ1) is 9.76. The van der Waals surface area contributed by atoms with Crippen molar-refractivity contribution in [3.05, 3.63) is 16.2 Å². The predicted octanol–water partition coefficient (Wildman–Crippen LogP) is 4.87. The summed E-state index contributed by atoms with van der Waals surface area (Å²) in [6.45, 7) is 2.89. The minimum Gasteiger partial charge on any atom is -0.477 e. The van der Waals surface area contributed by atoms with Gasteiger partial charge in [0, 0.05) is 4.88 Å². The Balaban J connectivity index is 1.80. The van der Waals surface area contributed by atoms with Gasteiger partial charge in [-0.25, -0.2) is 4.98 Å². The molecular weight excluding hydrogens is 292 g/mol. The molecule has 0 aliphatic heterocycles. The van der Waals surface area contributed by atoms with Crippen molar-refractivity contribution in [2.24, 2.45) is 5.92 Å². The first-order valence-electron chi connectivity index (χ1n) is 7.35. The molecule has 2 aromatic rings. The lowest BCUT2D eigenvalue weighted by molar-refractivity contribution is 0.205. The number of nitrogens with zero attached hydrogens (tertiary/aromatic N) is 2. The highest BCUT2D eigenvalue weighted by Gasteiger charge is 2.17. The van der Waals surface area contributed by atoms with Crippen molar-refractivity contribution in [2.75, 3.05) is 6.61 Å². The van der Waals surface area contributed by atoms with E-state index in [9.17, 15) is 0 Å². The number of halogens is 1. The number of fused-ring (bicyclic) bond motifs is 1. The molecule has 0 amide bonds. The summed E-state index contributed by atoms with van der Waals surface area (Å²) >= 11 is 7.67. The van der Waals surface area contributed by atoms with E-state index >= 15 is 0 Å². The molecule has 20 heavy (non-hydrogen) atoms. The quantitative estimate of drug-likeness (QED) is 0.756. The number of rotatable bonds is 4. The van der Waals surface area contributed by atoms with Crippen LogP contribution in [0.1, 0.15) is 43.9 Å². The van der Waals surface area contributed by atoms with Gasteiger partial charge in [-0.15, -0.1) is 11.3 Å². The van der Waals surface area contributed by atoms with Crippen LogP contribution in [0.3, 0.4) is 0 Å². The Morgan fingerprint density at radius 3 is 2.85 bits per heavy atom. The van der Waals surface area contributed by atoms with Crippen molar-refractivity contribution in [3.63, 3.8) is 0 Å². The minimum absolute atomic E-state index is 0.278. The molecule has 108 valence electrons. The topological polar surface area (TPSA) is 35.0 Å². The Hall–Kier alpha value is -0.870. The molecule has 0 N–H and O–H groups in total. The van der Waals surface area contributed by atoms with Gasteiger partial charge in [0.2, 0.25) is 11.2 Å². The highest BCUT2D eigenvalue weighted by atomic mass is 35.5. The van der Waals surface area contributed by atoms with E-state index in [4.69, 9.17) is 16.3 Å². The van der Waals surface area contributed by atoms with E-state index in [2.05, 4.69) is 23.0 Å². The summed E-state index contributed by atoms with van der Waals surface area (Å²) in [7, 11) is 0. The molecule has 0 atom stereocenters. The average molecular weight is 311 g/mol. The van der Waals surface area contributed by atoms with E-state index in [1.54, 1.807) is 11.3 Å². The van der Waals surface area contributed by atoms with Crippen LogP contribution in [0.15, 0.2) is 6.07 Å². The second-order valence-electron chi connectivity index (χ2n) is 5.40. The fourth-order valence-electron chi connectivity index (χ4n) is 2.76. The molecule has 0 unspecified atom stereocenters. The highest BCUT2D eigenvalue weighted by Crippen LogP contribution is 2.32. The second kappa shape index (κ2) is 6.27. The summed E-state index contributed by atoms with van der Waals surface area (Å²) in [5.74, 6) is 1.32. The molecule has 5 heteroatoms. The van der Waals surface area contributed by atoms with Crippen LogP contribution in [0, 0.1) is 5.92 Å². The number of thiophene rings is 1. The lowest BCUT2D eigenvalue weighted by Gasteiger charge is -2.21. The van der Waals surface area contributed by atoms with Gasteiger partial charge >= 0.3 is 0 Å². The summed E-state index contributed by atoms with van der Waals surface area (Å²) in [5.41, 5.74) is 0. The van der Waals surface area contributed by atoms with Gasteiger partial charge in [-0.05, 0) is 42.8 Å². The van der Waals surface area contributed by atoms with Crippen LogP contribution < -0.4 is 4.74 Å². The van der Waals surface area contributed by atoms with Gasteiger partial charge in [-0.1, -0.05) is 26.2 Å². The van der Waals surface area contributed by atoms with Gasteiger partial charge in [0.25, 0.3) is 0 Å². The van der Waals surface area contributed by atoms with Gasteiger partial charge in [-0.3, -0.25) is 0 Å². The molecule has 0 bridgehead atoms. The molecule has 3 nitrogen and oxygen atoms in total. The van der Waals surface area contributed by atoms with Crippen molar-refractivity contribution in [1.29, 1.82) is 0 Å². The molecule has 0 spiro atoms. The molecule has 2 heterocycles. The smallest absolute Gasteiger partial charge is 0.227 e. The minimum atomic E-state index is 0.278. The van der Waals surface area contributed by atoms with Crippen LogP contribution >= 0.6 is 22.9 Å². The van der Waals surface area contributed by atoms with E-state index in [1.807, 2.05) is 0 Å². The third-order valence-electron chi connectivity index (χ3n) is 3.91. The Kier molecular flexibility index (Phi) is 4.41. The molecule has 2 aromatic heterocycles. The zero-order chi connectivity index (χ0) is 13.9. The third-order valence-corrected chi connectivity index (χ3v) is 5.25. The maximum absolute atomic E-state index is 6.00. The maximum atomic E-state index is 6.00. The summed E-state index contributed by atoms with van der Waals surface area (Å²) in [6, 6.07) is 2.13. The van der Waals surface area contributed by atoms with Crippen LogP contribution in [-0.2, 0) is 6.42 Å². The van der Waals surface area contributed by atoms with Crippen molar-refractivity contribution in [2.45, 2.75) is 45.4 Å². The molecule has 1 fully saturated rings. The lowest BCUT2D eigenvalue weighted by Crippen LogP contribution is -2.15. The summed E-state index contributed by atoms with van der Waals surface area (Å²) < 4.78 is 5.97. The fraction of sp³-hybridized carbons (Fsp3) is 0.600. The molecule has 0 aromatic carbocycles. The standard InChI is InChI=1S/C15H19ClN2OS/c1-2-11-8-12-13(17-15(16)18-14(12)20-11)19-9-10-6-4-3-5-7-10/h8,10H,2-7,9H2,1H3. The zero-order valence-corrected chi connectivity index (χ0v) is 13.3. The van der Waals surface area contributed by atoms with Crippen LogP contribution in [0.2, 0.25) is 5.28 Å². The fourth-order valence-corrected chi connectivity index (χ4v) is 3.92. The number of hydrogen-bond donors (Lipinski definition) is 0. The monoisotopic (exact) mass is 310 g/mol. The van der Waals surface area contributed by atoms with Gasteiger partial charge in [0.15, 0.2) is 0 Å². The number of aryl methyl sites for hydroxylation is 1. The average Bonchev–Trinajstić information content (AvgIpc) is 2.88. The largest absolute Gasteiger partial charge is 0.477 e. The van der Waals surface area contributed by atoms with Gasteiger partial charge in [0.05, 0.1) is 12.0 Å². The lowest BCUT2D eigenvalue weighted by atomic mass is 9.90. The molecule has 0 radical (unpaired) electrons. The third kappa shape index (κ3) is 3.07. The molecular formula is C15H19ClN2OS. The maximum Gasteiger partial charge on any atom is 0.227 e. The molecule has 1 aliphatic rings. The number of ether oxygens (including phenoxy) is 1. The van der Waals surface area contributed by atoms with Crippen molar-refractivity contribution in [3.8, 4) is 5.88 Å². The molecule has 0 saturated heterocycles. The van der Waals surface area contributed by atoms with E-state index in [0.717, 1.165) is 23.2 Å². The Morgan fingerprint density at radius 2 is 2.10 bits per heavy atom. The van der Waals surface area contributed by atoms with Gasteiger partial charge < -0.3 is 4.74 Å². The van der Waals surface area contributed by atoms with Crippen LogP contribution in [0.5, 0.6) is 5.88 Å². The number of hydrogen-bond acceptors (Lipinski definition) is 4. The van der Waals surface area contributed by atoms with Crippen LogP contribution in [0.4, 0.5) is 0 Å². The van der Waals surface area contributed by atoms with Crippen molar-refractivity contribution < 1.29 is 4.74 Å². The van der Waals surface area contributed by atoms with Crippen molar-refractivity contribution >= 4 is 33.2 Å². The Morgan fingerprint density at radius 1 is 1.30 bits per heavy atom. The number of aromatic nitrogens is 2. The summed E-state index contributed by atoms with van der Waals surface area (Å²) in [5, 5.41) is 1.28. The van der Waals surface area contributed by atoms with E-state index in [1.165, 1.54) is 37.0 Å². The summed E-state index contributed by atoms with van der Waals surface area (Å²) in [4.78, 5) is 10.8. The summed E-state index contributed by atoms with van der Waals surface area (Å²) in [6.07, 6.45) is 7.56. The van der Waals surface area contributed by atoms with Crippen molar-refractivity contribution in [1.82, 2.24) is 9.97 Å². The molecule has 3 rings (SSSR count). The first kappa shape index (κ1) is 14.1. The van der Waals surface area contributed by atoms with E-state index in [-0.39, 0.29) is 5.28 Å². The highest BCUT2D eigenvalue weighted by molar-refractivity contribution is 7.18. The van der Waals surface area contributed by atoms with E-state index < -0.39 is 0 Å². The SMILES string of the molecule is CCc1cc2c(OCC3CCCCC3)nc(Cl)nc2s1. The normalized spacial score (nSPS) is 16.7.